The molecule has 1 aliphatic carbocycles. The van der Waals surface area contributed by atoms with Gasteiger partial charge in [0.25, 0.3) is 0 Å². The number of ether oxygens (including phenoxy) is 1. The number of aliphatic carboxylic acids is 1. The van der Waals surface area contributed by atoms with E-state index in [2.05, 4.69) is 5.32 Å². The summed E-state index contributed by atoms with van der Waals surface area (Å²) in [4.78, 5) is 22.2. The molecule has 1 saturated carbocycles. The Morgan fingerprint density at radius 1 is 1.35 bits per heavy atom. The number of alkyl carbamates (subject to hydrolysis) is 1. The number of nitrogens with one attached hydrogen (secondary N) is 1. The van der Waals surface area contributed by atoms with Crippen LogP contribution in [-0.2, 0) is 9.53 Å². The van der Waals surface area contributed by atoms with Gasteiger partial charge in [-0.3, -0.25) is 4.79 Å². The van der Waals surface area contributed by atoms with Crippen LogP contribution in [0, 0.1) is 5.92 Å². The molecule has 0 radical (unpaired) electrons. The molecule has 2 N–H and O–H groups in total. The van der Waals surface area contributed by atoms with Gasteiger partial charge in [-0.1, -0.05) is 6.42 Å². The summed E-state index contributed by atoms with van der Waals surface area (Å²) in [6.07, 6.45) is 2.29. The normalized spacial score (nSPS) is 24.4. The first-order valence-electron chi connectivity index (χ1n) is 5.99. The number of carboxylic acids is 1. The molecule has 0 bridgehead atoms. The van der Waals surface area contributed by atoms with Crippen LogP contribution in [0.5, 0.6) is 0 Å². The van der Waals surface area contributed by atoms with Crippen LogP contribution >= 0.6 is 0 Å². The van der Waals surface area contributed by atoms with Crippen LogP contribution in [0.25, 0.3) is 0 Å². The van der Waals surface area contributed by atoms with Crippen molar-refractivity contribution in [3.8, 4) is 0 Å². The van der Waals surface area contributed by atoms with Crippen LogP contribution in [0.1, 0.15) is 46.5 Å². The standard InChI is InChI=1S/C12H21NO4/c1-12(2,3)17-11(16)13-9-6-4-5-8(9)7-10(14)15/h8-9H,4-7H2,1-3H3,(H,13,16)(H,14,15). The number of rotatable bonds is 3. The van der Waals surface area contributed by atoms with E-state index in [0.29, 0.717) is 0 Å². The first-order chi connectivity index (χ1) is 7.78. The SMILES string of the molecule is CC(C)(C)OC(=O)NC1CCCC1CC(=O)O. The van der Waals surface area contributed by atoms with Gasteiger partial charge in [0.1, 0.15) is 5.60 Å². The van der Waals surface area contributed by atoms with Crippen molar-refractivity contribution in [1.82, 2.24) is 5.32 Å². The van der Waals surface area contributed by atoms with Crippen LogP contribution in [0.15, 0.2) is 0 Å². The van der Waals surface area contributed by atoms with Crippen molar-refractivity contribution in [2.24, 2.45) is 5.92 Å². The number of carbonyl (C=O) groups excluding carboxylic acids is 1. The Labute approximate surface area is 102 Å². The van der Waals surface area contributed by atoms with E-state index in [0.717, 1.165) is 19.3 Å². The zero-order valence-corrected chi connectivity index (χ0v) is 10.7. The van der Waals surface area contributed by atoms with Gasteiger partial charge in [-0.05, 0) is 39.5 Å². The lowest BCUT2D eigenvalue weighted by Gasteiger charge is -2.24. The monoisotopic (exact) mass is 243 g/mol. The molecule has 17 heavy (non-hydrogen) atoms. The molecular formula is C12H21NO4. The molecule has 98 valence electrons. The summed E-state index contributed by atoms with van der Waals surface area (Å²) in [6, 6.07) is -0.0686. The highest BCUT2D eigenvalue weighted by atomic mass is 16.6. The highest BCUT2D eigenvalue weighted by Gasteiger charge is 2.31. The lowest BCUT2D eigenvalue weighted by Crippen LogP contribution is -2.41. The van der Waals surface area contributed by atoms with Crippen molar-refractivity contribution in [1.29, 1.82) is 0 Å². The van der Waals surface area contributed by atoms with Crippen molar-refractivity contribution in [2.45, 2.75) is 58.1 Å². The van der Waals surface area contributed by atoms with Gasteiger partial charge in [0, 0.05) is 6.04 Å². The van der Waals surface area contributed by atoms with Crippen molar-refractivity contribution < 1.29 is 19.4 Å². The Kier molecular flexibility index (Phi) is 4.37. The predicted octanol–water partition coefficient (Wildman–Crippen LogP) is 2.15. The first-order valence-corrected chi connectivity index (χ1v) is 5.99. The molecule has 1 aliphatic rings. The van der Waals surface area contributed by atoms with E-state index < -0.39 is 17.7 Å². The maximum atomic E-state index is 11.6. The molecule has 5 nitrogen and oxygen atoms in total. The van der Waals surface area contributed by atoms with E-state index in [1.165, 1.54) is 0 Å². The van der Waals surface area contributed by atoms with Gasteiger partial charge < -0.3 is 15.2 Å². The number of carbonyl (C=O) groups is 2. The molecule has 1 amide bonds. The minimum atomic E-state index is -0.812. The summed E-state index contributed by atoms with van der Waals surface area (Å²) in [5.41, 5.74) is -0.523. The average molecular weight is 243 g/mol. The maximum absolute atomic E-state index is 11.6. The van der Waals surface area contributed by atoms with E-state index in [4.69, 9.17) is 9.84 Å². The smallest absolute Gasteiger partial charge is 0.407 e. The van der Waals surface area contributed by atoms with Crippen molar-refractivity contribution >= 4 is 12.1 Å². The lowest BCUT2D eigenvalue weighted by atomic mass is 10.00. The number of amides is 1. The summed E-state index contributed by atoms with van der Waals surface area (Å²) < 4.78 is 5.16. The van der Waals surface area contributed by atoms with Crippen LogP contribution in [0.2, 0.25) is 0 Å². The van der Waals surface area contributed by atoms with Crippen LogP contribution in [0.4, 0.5) is 4.79 Å². The molecule has 0 spiro atoms. The molecule has 0 heterocycles. The van der Waals surface area contributed by atoms with Crippen molar-refractivity contribution in [2.75, 3.05) is 0 Å². The summed E-state index contributed by atoms with van der Waals surface area (Å²) in [7, 11) is 0. The highest BCUT2D eigenvalue weighted by Crippen LogP contribution is 2.28. The van der Waals surface area contributed by atoms with Gasteiger partial charge >= 0.3 is 12.1 Å². The summed E-state index contributed by atoms with van der Waals surface area (Å²) >= 11 is 0. The largest absolute Gasteiger partial charge is 0.481 e. The van der Waals surface area contributed by atoms with E-state index in [-0.39, 0.29) is 18.4 Å². The summed E-state index contributed by atoms with van der Waals surface area (Å²) in [6.45, 7) is 5.40. The van der Waals surface area contributed by atoms with E-state index in [9.17, 15) is 9.59 Å². The van der Waals surface area contributed by atoms with Crippen molar-refractivity contribution in [3.63, 3.8) is 0 Å². The van der Waals surface area contributed by atoms with Gasteiger partial charge in [0.2, 0.25) is 0 Å². The van der Waals surface area contributed by atoms with Gasteiger partial charge in [-0.15, -0.1) is 0 Å². The third-order valence-corrected chi connectivity index (χ3v) is 2.80. The van der Waals surface area contributed by atoms with E-state index in [1.807, 2.05) is 0 Å². The zero-order valence-electron chi connectivity index (χ0n) is 10.7. The second-order valence-electron chi connectivity index (χ2n) is 5.54. The molecular weight excluding hydrogens is 222 g/mol. The number of hydrogen-bond donors (Lipinski definition) is 2. The molecule has 0 aliphatic heterocycles. The van der Waals surface area contributed by atoms with Gasteiger partial charge in [0.05, 0.1) is 6.42 Å². The van der Waals surface area contributed by atoms with Gasteiger partial charge in [-0.25, -0.2) is 4.79 Å². The second-order valence-corrected chi connectivity index (χ2v) is 5.54. The average Bonchev–Trinajstić information content (AvgIpc) is 2.47. The van der Waals surface area contributed by atoms with Crippen LogP contribution in [0.3, 0.4) is 0 Å². The minimum Gasteiger partial charge on any atom is -0.481 e. The third-order valence-electron chi connectivity index (χ3n) is 2.80. The minimum absolute atomic E-state index is 0.0278. The Bertz CT molecular complexity index is 295. The van der Waals surface area contributed by atoms with Crippen molar-refractivity contribution in [3.05, 3.63) is 0 Å². The number of carboxylic acid groups (broad SMARTS) is 1. The Morgan fingerprint density at radius 3 is 2.53 bits per heavy atom. The summed E-state index contributed by atoms with van der Waals surface area (Å²) in [5.74, 6) is -0.784. The molecule has 0 aromatic heterocycles. The fraction of sp³-hybridized carbons (Fsp3) is 0.833. The first kappa shape index (κ1) is 13.8. The van der Waals surface area contributed by atoms with E-state index >= 15 is 0 Å². The molecule has 5 heteroatoms. The molecule has 0 aromatic rings. The quantitative estimate of drug-likeness (QED) is 0.796. The van der Waals surface area contributed by atoms with E-state index in [1.54, 1.807) is 20.8 Å². The fourth-order valence-corrected chi connectivity index (χ4v) is 2.15. The Morgan fingerprint density at radius 2 is 2.00 bits per heavy atom. The fourth-order valence-electron chi connectivity index (χ4n) is 2.15. The Balaban J connectivity index is 2.44. The van der Waals surface area contributed by atoms with Crippen LogP contribution in [-0.4, -0.2) is 28.8 Å². The maximum Gasteiger partial charge on any atom is 0.407 e. The Hall–Kier alpha value is -1.26. The van der Waals surface area contributed by atoms with Crippen LogP contribution < -0.4 is 5.32 Å². The lowest BCUT2D eigenvalue weighted by molar-refractivity contribution is -0.138. The number of hydrogen-bond acceptors (Lipinski definition) is 3. The topological polar surface area (TPSA) is 75.6 Å². The molecule has 0 saturated heterocycles. The summed E-state index contributed by atoms with van der Waals surface area (Å²) in [5, 5.41) is 11.5. The predicted molar refractivity (Wildman–Crippen MR) is 62.8 cm³/mol. The highest BCUT2D eigenvalue weighted by molar-refractivity contribution is 5.69. The van der Waals surface area contributed by atoms with Gasteiger partial charge in [-0.2, -0.15) is 0 Å². The molecule has 1 fully saturated rings. The molecule has 2 atom stereocenters. The zero-order chi connectivity index (χ0) is 13.1. The third kappa shape index (κ3) is 5.06. The second kappa shape index (κ2) is 5.38. The molecule has 2 unspecified atom stereocenters. The molecule has 0 aromatic carbocycles. The van der Waals surface area contributed by atoms with Gasteiger partial charge in [0.15, 0.2) is 0 Å². The molecule has 1 rings (SSSR count).